The maximum Gasteiger partial charge on any atom is 0.330 e. The number of imide groups is 1. The van der Waals surface area contributed by atoms with Gasteiger partial charge >= 0.3 is 6.03 Å². The Hall–Kier alpha value is -2.96. The van der Waals surface area contributed by atoms with Gasteiger partial charge in [0.25, 0.3) is 11.8 Å². The monoisotopic (exact) mass is 355 g/mol. The minimum Gasteiger partial charge on any atom is -0.436 e. The summed E-state index contributed by atoms with van der Waals surface area (Å²) < 4.78 is 19.8. The van der Waals surface area contributed by atoms with Crippen LogP contribution in [0.5, 0.6) is 11.6 Å². The summed E-state index contributed by atoms with van der Waals surface area (Å²) in [6.45, 7) is 3.19. The van der Waals surface area contributed by atoms with Gasteiger partial charge < -0.3 is 10.1 Å². The Kier molecular flexibility index (Phi) is 3.68. The molecule has 1 fully saturated rings. The molecule has 1 aliphatic carbocycles. The molecule has 2 aromatic rings. The third-order valence-corrected chi connectivity index (χ3v) is 4.67. The smallest absolute Gasteiger partial charge is 0.330 e. The van der Waals surface area contributed by atoms with Crippen molar-refractivity contribution >= 4 is 17.8 Å². The fraction of sp³-hybridized carbons (Fsp3) is 0.316. The van der Waals surface area contributed by atoms with E-state index in [4.69, 9.17) is 4.74 Å². The SMILES string of the molecule is CC1(C)NC(=O)N(c2ccc(F)c(Oc3ccc4c(c3)CCC4)n2)C1=O. The summed E-state index contributed by atoms with van der Waals surface area (Å²) in [6, 6.07) is 7.45. The van der Waals surface area contributed by atoms with Crippen LogP contribution in [0.2, 0.25) is 0 Å². The summed E-state index contributed by atoms with van der Waals surface area (Å²) >= 11 is 0. The zero-order valence-corrected chi connectivity index (χ0v) is 14.5. The van der Waals surface area contributed by atoms with Gasteiger partial charge in [-0.2, -0.15) is 4.98 Å². The minimum absolute atomic E-state index is 0.0237. The number of hydrogen-bond acceptors (Lipinski definition) is 4. The van der Waals surface area contributed by atoms with E-state index in [2.05, 4.69) is 10.3 Å². The van der Waals surface area contributed by atoms with Crippen molar-refractivity contribution in [2.45, 2.75) is 38.6 Å². The van der Waals surface area contributed by atoms with Crippen LogP contribution in [0.25, 0.3) is 0 Å². The number of carbonyl (C=O) groups excluding carboxylic acids is 2. The van der Waals surface area contributed by atoms with Crippen molar-refractivity contribution in [3.05, 3.63) is 47.3 Å². The molecule has 0 unspecified atom stereocenters. The van der Waals surface area contributed by atoms with Crippen LogP contribution in [0.1, 0.15) is 31.4 Å². The van der Waals surface area contributed by atoms with E-state index in [0.717, 1.165) is 30.2 Å². The summed E-state index contributed by atoms with van der Waals surface area (Å²) in [5, 5.41) is 2.57. The molecule has 7 heteroatoms. The number of carbonyl (C=O) groups is 2. The standard InChI is InChI=1S/C19H18FN3O3/c1-19(2)17(24)23(18(25)22-19)15-9-8-14(20)16(21-15)26-13-7-6-11-4-3-5-12(11)10-13/h6-10H,3-5H2,1-2H3,(H,22,25). The molecule has 3 amide bonds. The van der Waals surface area contributed by atoms with Crippen LogP contribution in [0.15, 0.2) is 30.3 Å². The molecule has 0 bridgehead atoms. The van der Waals surface area contributed by atoms with Gasteiger partial charge in [-0.1, -0.05) is 6.07 Å². The summed E-state index contributed by atoms with van der Waals surface area (Å²) in [4.78, 5) is 29.4. The minimum atomic E-state index is -1.03. The normalized spacial score (nSPS) is 18.0. The summed E-state index contributed by atoms with van der Waals surface area (Å²) in [5.41, 5.74) is 1.43. The number of benzene rings is 1. The van der Waals surface area contributed by atoms with Gasteiger partial charge in [0.1, 0.15) is 17.1 Å². The van der Waals surface area contributed by atoms with E-state index in [0.29, 0.717) is 5.75 Å². The quantitative estimate of drug-likeness (QED) is 0.857. The molecule has 2 aliphatic rings. The van der Waals surface area contributed by atoms with Crippen LogP contribution >= 0.6 is 0 Å². The van der Waals surface area contributed by atoms with E-state index in [-0.39, 0.29) is 11.7 Å². The number of nitrogens with zero attached hydrogens (tertiary/aromatic N) is 2. The number of hydrogen-bond donors (Lipinski definition) is 1. The van der Waals surface area contributed by atoms with Crippen molar-refractivity contribution in [2.75, 3.05) is 4.90 Å². The van der Waals surface area contributed by atoms with Gasteiger partial charge in [-0.3, -0.25) is 4.79 Å². The van der Waals surface area contributed by atoms with Crippen LogP contribution < -0.4 is 15.0 Å². The van der Waals surface area contributed by atoms with E-state index in [1.54, 1.807) is 19.9 Å². The third kappa shape index (κ3) is 2.69. The summed E-state index contributed by atoms with van der Waals surface area (Å²) in [7, 11) is 0. The number of aromatic nitrogens is 1. The molecular formula is C19H18FN3O3. The average Bonchev–Trinajstić information content (AvgIpc) is 3.12. The Balaban J connectivity index is 1.65. The largest absolute Gasteiger partial charge is 0.436 e. The van der Waals surface area contributed by atoms with Crippen molar-refractivity contribution in [1.82, 2.24) is 10.3 Å². The molecule has 0 spiro atoms. The highest BCUT2D eigenvalue weighted by Gasteiger charge is 2.45. The predicted octanol–water partition coefficient (Wildman–Crippen LogP) is 3.34. The lowest BCUT2D eigenvalue weighted by Gasteiger charge is -2.16. The van der Waals surface area contributed by atoms with E-state index >= 15 is 0 Å². The maximum atomic E-state index is 14.2. The Bertz CT molecular complexity index is 926. The van der Waals surface area contributed by atoms with Gasteiger partial charge in [0.2, 0.25) is 0 Å². The zero-order valence-electron chi connectivity index (χ0n) is 14.5. The Morgan fingerprint density at radius 3 is 2.65 bits per heavy atom. The summed E-state index contributed by atoms with van der Waals surface area (Å²) in [6.07, 6.45) is 3.11. The second-order valence-corrected chi connectivity index (χ2v) is 7.04. The first kappa shape index (κ1) is 16.5. The van der Waals surface area contributed by atoms with Crippen molar-refractivity contribution in [3.63, 3.8) is 0 Å². The second-order valence-electron chi connectivity index (χ2n) is 7.04. The first-order valence-corrected chi connectivity index (χ1v) is 8.48. The molecule has 4 rings (SSSR count). The van der Waals surface area contributed by atoms with Crippen LogP contribution in [0.3, 0.4) is 0 Å². The number of ether oxygens (including phenoxy) is 1. The number of anilines is 1. The number of halogens is 1. The van der Waals surface area contributed by atoms with E-state index in [1.165, 1.54) is 17.2 Å². The van der Waals surface area contributed by atoms with Crippen molar-refractivity contribution in [3.8, 4) is 11.6 Å². The lowest BCUT2D eigenvalue weighted by Crippen LogP contribution is -2.40. The molecule has 1 aromatic heterocycles. The number of nitrogens with one attached hydrogen (secondary N) is 1. The molecule has 1 N–H and O–H groups in total. The molecule has 1 aromatic carbocycles. The van der Waals surface area contributed by atoms with Crippen molar-refractivity contribution in [1.29, 1.82) is 0 Å². The fourth-order valence-electron chi connectivity index (χ4n) is 3.29. The Labute approximate surface area is 150 Å². The van der Waals surface area contributed by atoms with E-state index in [1.807, 2.05) is 12.1 Å². The average molecular weight is 355 g/mol. The van der Waals surface area contributed by atoms with Gasteiger partial charge in [-0.15, -0.1) is 0 Å². The number of amides is 3. The Morgan fingerprint density at radius 1 is 1.15 bits per heavy atom. The van der Waals surface area contributed by atoms with Gasteiger partial charge in [-0.25, -0.2) is 14.1 Å². The maximum absolute atomic E-state index is 14.2. The van der Waals surface area contributed by atoms with Crippen LogP contribution in [0, 0.1) is 5.82 Å². The molecule has 1 saturated heterocycles. The number of fused-ring (bicyclic) bond motifs is 1. The predicted molar refractivity (Wildman–Crippen MR) is 92.8 cm³/mol. The first-order valence-electron chi connectivity index (χ1n) is 8.48. The highest BCUT2D eigenvalue weighted by atomic mass is 19.1. The Morgan fingerprint density at radius 2 is 1.92 bits per heavy atom. The number of pyridine rings is 1. The number of rotatable bonds is 3. The lowest BCUT2D eigenvalue weighted by atomic mass is 10.1. The van der Waals surface area contributed by atoms with Crippen LogP contribution in [-0.4, -0.2) is 22.5 Å². The highest BCUT2D eigenvalue weighted by molar-refractivity contribution is 6.22. The fourth-order valence-corrected chi connectivity index (χ4v) is 3.29. The molecule has 0 saturated carbocycles. The number of aryl methyl sites for hydroxylation is 2. The van der Waals surface area contributed by atoms with Crippen molar-refractivity contribution < 1.29 is 18.7 Å². The third-order valence-electron chi connectivity index (χ3n) is 4.67. The lowest BCUT2D eigenvalue weighted by molar-refractivity contribution is -0.121. The molecule has 1 aliphatic heterocycles. The second kappa shape index (κ2) is 5.79. The van der Waals surface area contributed by atoms with Crippen molar-refractivity contribution in [2.24, 2.45) is 0 Å². The first-order chi connectivity index (χ1) is 12.3. The number of urea groups is 1. The van der Waals surface area contributed by atoms with Gasteiger partial charge in [-0.05, 0) is 68.5 Å². The van der Waals surface area contributed by atoms with E-state index in [9.17, 15) is 14.0 Å². The van der Waals surface area contributed by atoms with Gasteiger partial charge in [0.15, 0.2) is 5.82 Å². The molecule has 6 nitrogen and oxygen atoms in total. The molecular weight excluding hydrogens is 337 g/mol. The summed E-state index contributed by atoms with van der Waals surface area (Å²) in [5.74, 6) is -0.890. The molecule has 2 heterocycles. The zero-order chi connectivity index (χ0) is 18.5. The van der Waals surface area contributed by atoms with Gasteiger partial charge in [0.05, 0.1) is 0 Å². The molecule has 0 atom stereocenters. The topological polar surface area (TPSA) is 71.5 Å². The van der Waals surface area contributed by atoms with Crippen LogP contribution in [-0.2, 0) is 17.6 Å². The van der Waals surface area contributed by atoms with Gasteiger partial charge in [0, 0.05) is 0 Å². The molecule has 26 heavy (non-hydrogen) atoms. The highest BCUT2D eigenvalue weighted by Crippen LogP contribution is 2.31. The molecule has 134 valence electrons. The molecule has 0 radical (unpaired) electrons. The van der Waals surface area contributed by atoms with Crippen LogP contribution in [0.4, 0.5) is 15.0 Å². The van der Waals surface area contributed by atoms with E-state index < -0.39 is 23.3 Å².